The lowest BCUT2D eigenvalue weighted by molar-refractivity contribution is 0.0920. The Balaban J connectivity index is 1.91. The molecule has 6 nitrogen and oxygen atoms in total. The number of aromatic nitrogens is 4. The molecule has 0 aliphatic carbocycles. The highest BCUT2D eigenvalue weighted by Crippen LogP contribution is 2.25. The van der Waals surface area contributed by atoms with Crippen LogP contribution < -0.4 is 5.32 Å². The van der Waals surface area contributed by atoms with Crippen LogP contribution in [0, 0.1) is 12.8 Å². The highest BCUT2D eigenvalue weighted by atomic mass is 16.1. The molecule has 2 unspecified atom stereocenters. The van der Waals surface area contributed by atoms with Crippen LogP contribution in [0.25, 0.3) is 11.0 Å². The minimum Gasteiger partial charge on any atom is -0.342 e. The Morgan fingerprint density at radius 2 is 2.13 bits per heavy atom. The summed E-state index contributed by atoms with van der Waals surface area (Å²) in [5, 5.41) is 9.80. The van der Waals surface area contributed by atoms with Crippen LogP contribution in [-0.4, -0.2) is 26.1 Å². The summed E-state index contributed by atoms with van der Waals surface area (Å²) in [5.74, 6) is 0.906. The number of nitrogens with one attached hydrogen (secondary N) is 3. The molecule has 0 saturated heterocycles. The molecular formula is C17H21N5O. The topological polar surface area (TPSA) is 86.5 Å². The van der Waals surface area contributed by atoms with Gasteiger partial charge in [0.25, 0.3) is 5.91 Å². The summed E-state index contributed by atoms with van der Waals surface area (Å²) in [7, 11) is 0. The molecule has 2 heterocycles. The number of aromatic amines is 2. The van der Waals surface area contributed by atoms with Gasteiger partial charge in [0.1, 0.15) is 5.82 Å². The molecule has 0 aliphatic rings. The Morgan fingerprint density at radius 1 is 1.35 bits per heavy atom. The van der Waals surface area contributed by atoms with E-state index in [1.807, 2.05) is 31.2 Å². The van der Waals surface area contributed by atoms with Crippen molar-refractivity contribution in [3.63, 3.8) is 0 Å². The summed E-state index contributed by atoms with van der Waals surface area (Å²) in [4.78, 5) is 20.5. The van der Waals surface area contributed by atoms with Gasteiger partial charge in [-0.1, -0.05) is 32.4 Å². The normalized spacial score (nSPS) is 13.9. The van der Waals surface area contributed by atoms with Crippen molar-refractivity contribution >= 4 is 16.9 Å². The van der Waals surface area contributed by atoms with Gasteiger partial charge in [0.15, 0.2) is 0 Å². The predicted molar refractivity (Wildman–Crippen MR) is 89.1 cm³/mol. The molecule has 120 valence electrons. The lowest BCUT2D eigenvalue weighted by Crippen LogP contribution is -2.33. The molecule has 3 N–H and O–H groups in total. The van der Waals surface area contributed by atoms with Crippen molar-refractivity contribution in [1.29, 1.82) is 0 Å². The van der Waals surface area contributed by atoms with Crippen LogP contribution in [0.1, 0.15) is 48.2 Å². The summed E-state index contributed by atoms with van der Waals surface area (Å²) in [5.41, 5.74) is 3.21. The molecule has 0 spiro atoms. The Bertz CT molecular complexity index is 786. The van der Waals surface area contributed by atoms with Crippen molar-refractivity contribution in [3.8, 4) is 0 Å². The number of hydrogen-bond acceptors (Lipinski definition) is 3. The average molecular weight is 311 g/mol. The Hall–Kier alpha value is -2.63. The number of hydrogen-bond donors (Lipinski definition) is 3. The van der Waals surface area contributed by atoms with E-state index in [0.29, 0.717) is 5.56 Å². The van der Waals surface area contributed by atoms with Gasteiger partial charge in [-0.3, -0.25) is 9.89 Å². The molecule has 2 atom stereocenters. The third-order valence-electron chi connectivity index (χ3n) is 4.28. The number of rotatable bonds is 5. The molecule has 0 fully saturated rings. The van der Waals surface area contributed by atoms with E-state index in [4.69, 9.17) is 0 Å². The number of aryl methyl sites for hydroxylation is 1. The van der Waals surface area contributed by atoms with Crippen LogP contribution in [0.4, 0.5) is 0 Å². The summed E-state index contributed by atoms with van der Waals surface area (Å²) in [6.07, 6.45) is 2.49. The van der Waals surface area contributed by atoms with Crippen molar-refractivity contribution < 1.29 is 4.79 Å². The standard InChI is InChI=1S/C17H21N5O/c1-4-10(2)15(21-17(23)12-9-18-22-11(12)3)16-19-13-7-5-6-8-14(13)20-16/h5-10,15H,4H2,1-3H3,(H,18,22)(H,19,20)(H,21,23). The van der Waals surface area contributed by atoms with Crippen LogP contribution in [0.15, 0.2) is 30.5 Å². The first kappa shape index (κ1) is 15.3. The number of imidazole rings is 1. The van der Waals surface area contributed by atoms with E-state index < -0.39 is 0 Å². The quantitative estimate of drug-likeness (QED) is 0.676. The van der Waals surface area contributed by atoms with Gasteiger partial charge in [0.05, 0.1) is 28.8 Å². The highest BCUT2D eigenvalue weighted by molar-refractivity contribution is 5.95. The number of para-hydroxylation sites is 2. The van der Waals surface area contributed by atoms with Crippen molar-refractivity contribution in [2.75, 3.05) is 0 Å². The third-order valence-corrected chi connectivity index (χ3v) is 4.28. The summed E-state index contributed by atoms with van der Waals surface area (Å²) in [6.45, 7) is 6.05. The van der Waals surface area contributed by atoms with Crippen LogP contribution in [-0.2, 0) is 0 Å². The molecule has 3 rings (SSSR count). The number of nitrogens with zero attached hydrogens (tertiary/aromatic N) is 2. The average Bonchev–Trinajstić information content (AvgIpc) is 3.17. The van der Waals surface area contributed by atoms with Gasteiger partial charge in [-0.05, 0) is 25.0 Å². The van der Waals surface area contributed by atoms with E-state index in [0.717, 1.165) is 29.0 Å². The molecule has 23 heavy (non-hydrogen) atoms. The van der Waals surface area contributed by atoms with Gasteiger partial charge in [-0.15, -0.1) is 0 Å². The van der Waals surface area contributed by atoms with Gasteiger partial charge in [-0.25, -0.2) is 4.98 Å². The van der Waals surface area contributed by atoms with Crippen LogP contribution >= 0.6 is 0 Å². The van der Waals surface area contributed by atoms with Gasteiger partial charge in [0.2, 0.25) is 0 Å². The molecule has 1 amide bonds. The molecule has 2 aromatic heterocycles. The third kappa shape index (κ3) is 2.97. The first-order valence-corrected chi connectivity index (χ1v) is 7.85. The van der Waals surface area contributed by atoms with Crippen molar-refractivity contribution in [3.05, 3.63) is 47.5 Å². The zero-order valence-electron chi connectivity index (χ0n) is 13.6. The van der Waals surface area contributed by atoms with E-state index in [-0.39, 0.29) is 17.9 Å². The zero-order chi connectivity index (χ0) is 16.4. The molecular weight excluding hydrogens is 290 g/mol. The van der Waals surface area contributed by atoms with Crippen LogP contribution in [0.5, 0.6) is 0 Å². The lowest BCUT2D eigenvalue weighted by Gasteiger charge is -2.22. The van der Waals surface area contributed by atoms with Crippen molar-refractivity contribution in [2.45, 2.75) is 33.2 Å². The van der Waals surface area contributed by atoms with E-state index in [9.17, 15) is 4.79 Å². The van der Waals surface area contributed by atoms with Gasteiger partial charge < -0.3 is 10.3 Å². The SMILES string of the molecule is CCC(C)C(NC(=O)c1cn[nH]c1C)c1nc2ccccc2[nH]1. The maximum atomic E-state index is 12.5. The Morgan fingerprint density at radius 3 is 2.78 bits per heavy atom. The Kier molecular flexibility index (Phi) is 4.14. The Labute approximate surface area is 134 Å². The van der Waals surface area contributed by atoms with Gasteiger partial charge in [0, 0.05) is 5.69 Å². The van der Waals surface area contributed by atoms with E-state index in [1.54, 1.807) is 6.20 Å². The number of fused-ring (bicyclic) bond motifs is 1. The number of benzene rings is 1. The van der Waals surface area contributed by atoms with E-state index >= 15 is 0 Å². The second-order valence-electron chi connectivity index (χ2n) is 5.88. The van der Waals surface area contributed by atoms with Crippen molar-refractivity contribution in [2.24, 2.45) is 5.92 Å². The molecule has 0 bridgehead atoms. The highest BCUT2D eigenvalue weighted by Gasteiger charge is 2.25. The monoisotopic (exact) mass is 311 g/mol. The molecule has 1 aromatic carbocycles. The molecule has 3 aromatic rings. The summed E-state index contributed by atoms with van der Waals surface area (Å²) in [6, 6.07) is 7.70. The number of amides is 1. The van der Waals surface area contributed by atoms with Crippen LogP contribution in [0.3, 0.4) is 0 Å². The number of carbonyl (C=O) groups is 1. The molecule has 0 aliphatic heterocycles. The maximum absolute atomic E-state index is 12.5. The minimum absolute atomic E-state index is 0.137. The predicted octanol–water partition coefficient (Wildman–Crippen LogP) is 3.11. The molecule has 6 heteroatoms. The van der Waals surface area contributed by atoms with Gasteiger partial charge >= 0.3 is 0 Å². The van der Waals surface area contributed by atoms with Gasteiger partial charge in [-0.2, -0.15) is 5.10 Å². The number of carbonyl (C=O) groups excluding carboxylic acids is 1. The fourth-order valence-electron chi connectivity index (χ4n) is 2.63. The zero-order valence-corrected chi connectivity index (χ0v) is 13.6. The number of H-pyrrole nitrogens is 2. The van der Waals surface area contributed by atoms with Crippen molar-refractivity contribution in [1.82, 2.24) is 25.5 Å². The maximum Gasteiger partial charge on any atom is 0.255 e. The van der Waals surface area contributed by atoms with E-state index in [2.05, 4.69) is 39.3 Å². The minimum atomic E-state index is -0.172. The first-order chi connectivity index (χ1) is 11.1. The molecule has 0 radical (unpaired) electrons. The fourth-order valence-corrected chi connectivity index (χ4v) is 2.63. The summed E-state index contributed by atoms with van der Waals surface area (Å²) >= 11 is 0. The summed E-state index contributed by atoms with van der Waals surface area (Å²) < 4.78 is 0. The second-order valence-corrected chi connectivity index (χ2v) is 5.88. The molecule has 0 saturated carbocycles. The van der Waals surface area contributed by atoms with E-state index in [1.165, 1.54) is 0 Å². The smallest absolute Gasteiger partial charge is 0.255 e. The first-order valence-electron chi connectivity index (χ1n) is 7.85. The largest absolute Gasteiger partial charge is 0.342 e. The lowest BCUT2D eigenvalue weighted by atomic mass is 9.98. The fraction of sp³-hybridized carbons (Fsp3) is 0.353. The second kappa shape index (κ2) is 6.24. The van der Waals surface area contributed by atoms with Crippen LogP contribution in [0.2, 0.25) is 0 Å².